The van der Waals surface area contributed by atoms with Crippen molar-refractivity contribution in [3.63, 3.8) is 0 Å². The molecule has 1 N–H and O–H groups in total. The minimum Gasteiger partial charge on any atom is -0.467 e. The van der Waals surface area contributed by atoms with Gasteiger partial charge in [0.15, 0.2) is 0 Å². The normalized spacial score (nSPS) is 19.3. The lowest BCUT2D eigenvalue weighted by molar-refractivity contribution is -0.147. The Kier molecular flexibility index (Phi) is 7.48. The maximum absolute atomic E-state index is 13.2. The van der Waals surface area contributed by atoms with Crippen LogP contribution < -0.4 is 5.32 Å². The van der Waals surface area contributed by atoms with E-state index in [-0.39, 0.29) is 17.7 Å². The number of rotatable bonds is 6. The Bertz CT molecular complexity index is 1030. The topological polar surface area (TPSA) is 113 Å². The number of nitrogens with one attached hydrogen (secondary N) is 1. The molecule has 9 nitrogen and oxygen atoms in total. The van der Waals surface area contributed by atoms with Gasteiger partial charge in [0, 0.05) is 33.1 Å². The van der Waals surface area contributed by atoms with E-state index >= 15 is 0 Å². The zero-order chi connectivity index (χ0) is 24.4. The molecular formula is C23H33N3O6S. The molecule has 2 amide bonds. The van der Waals surface area contributed by atoms with Crippen LogP contribution in [0.2, 0.25) is 0 Å². The molecule has 0 aliphatic carbocycles. The number of piperidine rings is 1. The van der Waals surface area contributed by atoms with Gasteiger partial charge < -0.3 is 15.0 Å². The average molecular weight is 480 g/mol. The van der Waals surface area contributed by atoms with Gasteiger partial charge in [-0.3, -0.25) is 9.59 Å². The fourth-order valence-electron chi connectivity index (χ4n) is 4.77. The number of benzene rings is 1. The van der Waals surface area contributed by atoms with Crippen molar-refractivity contribution in [3.8, 4) is 0 Å². The Morgan fingerprint density at radius 1 is 1.12 bits per heavy atom. The largest absolute Gasteiger partial charge is 0.467 e. The minimum absolute atomic E-state index is 0.127. The third-order valence-electron chi connectivity index (χ3n) is 6.78. The van der Waals surface area contributed by atoms with E-state index in [9.17, 15) is 22.8 Å². The van der Waals surface area contributed by atoms with E-state index in [4.69, 9.17) is 4.74 Å². The zero-order valence-corrected chi connectivity index (χ0v) is 20.5. The number of amides is 2. The highest BCUT2D eigenvalue weighted by atomic mass is 32.2. The van der Waals surface area contributed by atoms with Crippen molar-refractivity contribution in [2.45, 2.75) is 57.4 Å². The number of carbonyl (C=O) groups excluding carboxylic acids is 3. The summed E-state index contributed by atoms with van der Waals surface area (Å²) in [6.45, 7) is 6.87. The van der Waals surface area contributed by atoms with E-state index in [1.165, 1.54) is 14.0 Å². The third kappa shape index (κ3) is 5.55. The summed E-state index contributed by atoms with van der Waals surface area (Å²) in [4.78, 5) is 38.2. The van der Waals surface area contributed by atoms with Crippen LogP contribution in [0.25, 0.3) is 0 Å². The summed E-state index contributed by atoms with van der Waals surface area (Å²) in [5.41, 5.74) is 1.51. The van der Waals surface area contributed by atoms with Gasteiger partial charge in [-0.05, 0) is 55.7 Å². The number of esters is 1. The van der Waals surface area contributed by atoms with Crippen molar-refractivity contribution < 1.29 is 27.5 Å². The molecule has 3 rings (SSSR count). The molecule has 1 unspecified atom stereocenters. The second-order valence-corrected chi connectivity index (χ2v) is 11.1. The average Bonchev–Trinajstić information content (AvgIpc) is 3.17. The molecule has 2 fully saturated rings. The van der Waals surface area contributed by atoms with Crippen LogP contribution in [0, 0.1) is 19.3 Å². The SMILES string of the molecule is COC(=O)C(CC(=O)N1CCC2(CCN(S(=O)(=O)c3cc(C)ccc3C)CC2)C1)NC(C)=O. The smallest absolute Gasteiger partial charge is 0.328 e. The number of likely N-dealkylation sites (tertiary alicyclic amines) is 1. The first-order valence-electron chi connectivity index (χ1n) is 11.2. The van der Waals surface area contributed by atoms with E-state index in [2.05, 4.69) is 5.32 Å². The van der Waals surface area contributed by atoms with Crippen LogP contribution >= 0.6 is 0 Å². The highest BCUT2D eigenvalue weighted by molar-refractivity contribution is 7.89. The first-order valence-corrected chi connectivity index (χ1v) is 12.6. The van der Waals surface area contributed by atoms with Crippen LogP contribution in [0.3, 0.4) is 0 Å². The molecule has 10 heteroatoms. The maximum atomic E-state index is 13.2. The molecule has 1 atom stereocenters. The summed E-state index contributed by atoms with van der Waals surface area (Å²) >= 11 is 0. The fourth-order valence-corrected chi connectivity index (χ4v) is 6.52. The number of hydrogen-bond donors (Lipinski definition) is 1. The molecular weight excluding hydrogens is 446 g/mol. The predicted octanol–water partition coefficient (Wildman–Crippen LogP) is 1.37. The van der Waals surface area contributed by atoms with Gasteiger partial charge in [0.05, 0.1) is 18.4 Å². The van der Waals surface area contributed by atoms with Gasteiger partial charge in [-0.25, -0.2) is 13.2 Å². The van der Waals surface area contributed by atoms with Gasteiger partial charge in [0.2, 0.25) is 21.8 Å². The highest BCUT2D eigenvalue weighted by Gasteiger charge is 2.44. The summed E-state index contributed by atoms with van der Waals surface area (Å²) in [7, 11) is -2.36. The maximum Gasteiger partial charge on any atom is 0.328 e. The molecule has 2 aliphatic rings. The van der Waals surface area contributed by atoms with Crippen LogP contribution in [0.1, 0.15) is 43.7 Å². The first-order chi connectivity index (χ1) is 15.5. The van der Waals surface area contributed by atoms with Crippen molar-refractivity contribution in [2.24, 2.45) is 5.41 Å². The number of hydrogen-bond acceptors (Lipinski definition) is 6. The van der Waals surface area contributed by atoms with Crippen LogP contribution in [0.5, 0.6) is 0 Å². The number of nitrogens with zero attached hydrogens (tertiary/aromatic N) is 2. The van der Waals surface area contributed by atoms with Gasteiger partial charge in [-0.2, -0.15) is 4.31 Å². The molecule has 2 saturated heterocycles. The Morgan fingerprint density at radius 3 is 2.36 bits per heavy atom. The Labute approximate surface area is 195 Å². The van der Waals surface area contributed by atoms with Gasteiger partial charge in [0.1, 0.15) is 6.04 Å². The molecule has 2 aliphatic heterocycles. The molecule has 182 valence electrons. The van der Waals surface area contributed by atoms with Crippen LogP contribution in [-0.4, -0.2) is 74.7 Å². The third-order valence-corrected chi connectivity index (χ3v) is 8.82. The van der Waals surface area contributed by atoms with Crippen molar-refractivity contribution in [2.75, 3.05) is 33.3 Å². The summed E-state index contributed by atoms with van der Waals surface area (Å²) in [6.07, 6.45) is 1.98. The number of ether oxygens (including phenoxy) is 1. The lowest BCUT2D eigenvalue weighted by Crippen LogP contribution is -2.46. The fraction of sp³-hybridized carbons (Fsp3) is 0.609. The molecule has 1 spiro atoms. The van der Waals surface area contributed by atoms with Crippen molar-refractivity contribution >= 4 is 27.8 Å². The quantitative estimate of drug-likeness (QED) is 0.617. The molecule has 1 aromatic carbocycles. The van der Waals surface area contributed by atoms with Crippen LogP contribution in [0.4, 0.5) is 0 Å². The standard InChI is InChI=1S/C23H33N3O6S/c1-16-5-6-17(2)20(13-16)33(30,31)26-11-8-23(9-12-26)7-10-25(15-23)21(28)14-19(22(29)32-4)24-18(3)27/h5-6,13,19H,7-12,14-15H2,1-4H3,(H,24,27). The lowest BCUT2D eigenvalue weighted by atomic mass is 9.78. The number of aryl methyl sites for hydroxylation is 2. The van der Waals surface area contributed by atoms with Gasteiger partial charge in [-0.1, -0.05) is 12.1 Å². The number of sulfonamides is 1. The molecule has 0 radical (unpaired) electrons. The highest BCUT2D eigenvalue weighted by Crippen LogP contribution is 2.41. The monoisotopic (exact) mass is 479 g/mol. The minimum atomic E-state index is -3.57. The van der Waals surface area contributed by atoms with Crippen molar-refractivity contribution in [1.82, 2.24) is 14.5 Å². The molecule has 0 bridgehead atoms. The summed E-state index contributed by atoms with van der Waals surface area (Å²) < 4.78 is 32.7. The summed E-state index contributed by atoms with van der Waals surface area (Å²) in [6, 6.07) is 4.44. The lowest BCUT2D eigenvalue weighted by Gasteiger charge is -2.38. The van der Waals surface area contributed by atoms with Crippen molar-refractivity contribution in [1.29, 1.82) is 0 Å². The van der Waals surface area contributed by atoms with E-state index in [1.54, 1.807) is 22.2 Å². The Hall–Kier alpha value is -2.46. The summed E-state index contributed by atoms with van der Waals surface area (Å²) in [5.74, 6) is -1.28. The molecule has 0 aromatic heterocycles. The molecule has 0 saturated carbocycles. The van der Waals surface area contributed by atoms with E-state index in [1.807, 2.05) is 19.1 Å². The van der Waals surface area contributed by atoms with Gasteiger partial charge in [-0.15, -0.1) is 0 Å². The predicted molar refractivity (Wildman–Crippen MR) is 122 cm³/mol. The van der Waals surface area contributed by atoms with E-state index in [0.717, 1.165) is 17.5 Å². The van der Waals surface area contributed by atoms with Gasteiger partial charge in [0.25, 0.3) is 0 Å². The van der Waals surface area contributed by atoms with Gasteiger partial charge >= 0.3 is 5.97 Å². The second-order valence-electron chi connectivity index (χ2n) is 9.22. The zero-order valence-electron chi connectivity index (χ0n) is 19.7. The van der Waals surface area contributed by atoms with E-state index in [0.29, 0.717) is 43.9 Å². The number of methoxy groups -OCH3 is 1. The number of carbonyl (C=O) groups is 3. The Morgan fingerprint density at radius 2 is 1.76 bits per heavy atom. The molecule has 1 aromatic rings. The van der Waals surface area contributed by atoms with Crippen LogP contribution in [0.15, 0.2) is 23.1 Å². The van der Waals surface area contributed by atoms with Crippen molar-refractivity contribution in [3.05, 3.63) is 29.3 Å². The second kappa shape index (κ2) is 9.80. The molecule has 33 heavy (non-hydrogen) atoms. The summed E-state index contributed by atoms with van der Waals surface area (Å²) in [5, 5.41) is 2.47. The van der Waals surface area contributed by atoms with E-state index < -0.39 is 27.9 Å². The Balaban J connectivity index is 1.62. The van der Waals surface area contributed by atoms with Crippen LogP contribution in [-0.2, 0) is 29.1 Å². The first kappa shape index (κ1) is 25.2. The molecule has 2 heterocycles.